The highest BCUT2D eigenvalue weighted by atomic mass is 35.5. The van der Waals surface area contributed by atoms with Crippen LogP contribution in [0.2, 0.25) is 5.02 Å². The lowest BCUT2D eigenvalue weighted by Crippen LogP contribution is -2.39. The Kier molecular flexibility index (Phi) is 4.58. The summed E-state index contributed by atoms with van der Waals surface area (Å²) >= 11 is 6.26. The van der Waals surface area contributed by atoms with E-state index < -0.39 is 0 Å². The zero-order valence-corrected chi connectivity index (χ0v) is 14.1. The van der Waals surface area contributed by atoms with Crippen LogP contribution in [0, 0.1) is 0 Å². The molecule has 3 rings (SSSR count). The van der Waals surface area contributed by atoms with Gasteiger partial charge in [0.05, 0.1) is 19.6 Å². The molecule has 0 saturated heterocycles. The normalized spacial score (nSPS) is 16.8. The number of nitrogens with zero attached hydrogens (tertiary/aromatic N) is 1. The summed E-state index contributed by atoms with van der Waals surface area (Å²) in [6.07, 6.45) is 1.15. The van der Waals surface area contributed by atoms with Crippen LogP contribution in [0.4, 0.5) is 0 Å². The van der Waals surface area contributed by atoms with Crippen molar-refractivity contribution in [1.29, 1.82) is 0 Å². The second-order valence-corrected chi connectivity index (χ2v) is 6.22. The van der Waals surface area contributed by atoms with Gasteiger partial charge in [0.15, 0.2) is 0 Å². The van der Waals surface area contributed by atoms with Crippen LogP contribution in [0.5, 0.6) is 5.75 Å². The van der Waals surface area contributed by atoms with Crippen molar-refractivity contribution in [2.75, 3.05) is 13.7 Å². The summed E-state index contributed by atoms with van der Waals surface area (Å²) in [5.74, 6) is 0.745. The number of methoxy groups -OCH3 is 1. The maximum absolute atomic E-state index is 12.8. The van der Waals surface area contributed by atoms with Gasteiger partial charge in [0, 0.05) is 17.1 Å². The third-order valence-electron chi connectivity index (χ3n) is 4.54. The minimum Gasteiger partial charge on any atom is -0.496 e. The van der Waals surface area contributed by atoms with Gasteiger partial charge in [0.1, 0.15) is 5.75 Å². The van der Waals surface area contributed by atoms with E-state index in [9.17, 15) is 4.79 Å². The molecule has 1 unspecified atom stereocenters. The molecule has 120 valence electrons. The number of benzene rings is 2. The Labute approximate surface area is 141 Å². The van der Waals surface area contributed by atoms with Gasteiger partial charge >= 0.3 is 0 Å². The lowest BCUT2D eigenvalue weighted by Gasteiger charge is -2.35. The molecule has 2 aromatic carbocycles. The molecule has 1 amide bonds. The number of fused-ring (bicyclic) bond motifs is 1. The van der Waals surface area contributed by atoms with E-state index in [0.717, 1.165) is 18.5 Å². The van der Waals surface area contributed by atoms with Gasteiger partial charge in [-0.1, -0.05) is 41.9 Å². The van der Waals surface area contributed by atoms with Crippen molar-refractivity contribution in [1.82, 2.24) is 4.90 Å². The monoisotopic (exact) mass is 329 g/mol. The van der Waals surface area contributed by atoms with E-state index in [1.54, 1.807) is 13.2 Å². The first-order valence-electron chi connectivity index (χ1n) is 7.80. The van der Waals surface area contributed by atoms with Gasteiger partial charge < -0.3 is 9.64 Å². The molecule has 0 fully saturated rings. The largest absolute Gasteiger partial charge is 0.496 e. The van der Waals surface area contributed by atoms with Gasteiger partial charge in [0.25, 0.3) is 0 Å². The molecular weight excluding hydrogens is 310 g/mol. The predicted octanol–water partition coefficient (Wildman–Crippen LogP) is 4.04. The molecule has 2 aromatic rings. The predicted molar refractivity (Wildman–Crippen MR) is 92.0 cm³/mol. The van der Waals surface area contributed by atoms with Crippen LogP contribution in [0.15, 0.2) is 42.5 Å². The molecule has 0 aliphatic carbocycles. The van der Waals surface area contributed by atoms with Crippen LogP contribution >= 0.6 is 11.6 Å². The van der Waals surface area contributed by atoms with Gasteiger partial charge in [-0.3, -0.25) is 4.79 Å². The molecule has 1 heterocycles. The number of carbonyl (C=O) groups is 1. The molecule has 23 heavy (non-hydrogen) atoms. The summed E-state index contributed by atoms with van der Waals surface area (Å²) < 4.78 is 5.34. The minimum atomic E-state index is 0.0819. The Bertz CT molecular complexity index is 729. The Hall–Kier alpha value is -2.00. The SMILES string of the molecule is COc1cccc(Cl)c1CC(=O)N1CCc2ccccc2C1C. The van der Waals surface area contributed by atoms with E-state index in [0.29, 0.717) is 10.8 Å². The maximum atomic E-state index is 12.8. The van der Waals surface area contributed by atoms with Crippen molar-refractivity contribution < 1.29 is 9.53 Å². The average molecular weight is 330 g/mol. The summed E-state index contributed by atoms with van der Waals surface area (Å²) in [7, 11) is 1.60. The topological polar surface area (TPSA) is 29.5 Å². The number of hydrogen-bond acceptors (Lipinski definition) is 2. The zero-order valence-electron chi connectivity index (χ0n) is 13.4. The van der Waals surface area contributed by atoms with Gasteiger partial charge in [0.2, 0.25) is 5.91 Å². The Morgan fingerprint density at radius 2 is 2.04 bits per heavy atom. The van der Waals surface area contributed by atoms with Crippen molar-refractivity contribution >= 4 is 17.5 Å². The molecule has 1 atom stereocenters. The highest BCUT2D eigenvalue weighted by Crippen LogP contribution is 2.32. The minimum absolute atomic E-state index is 0.0819. The number of halogens is 1. The molecule has 4 heteroatoms. The highest BCUT2D eigenvalue weighted by molar-refractivity contribution is 6.31. The Morgan fingerprint density at radius 3 is 2.83 bits per heavy atom. The van der Waals surface area contributed by atoms with E-state index in [-0.39, 0.29) is 18.4 Å². The number of hydrogen-bond donors (Lipinski definition) is 0. The lowest BCUT2D eigenvalue weighted by atomic mass is 9.93. The van der Waals surface area contributed by atoms with Crippen molar-refractivity contribution in [3.63, 3.8) is 0 Å². The fourth-order valence-corrected chi connectivity index (χ4v) is 3.50. The number of amides is 1. The van der Waals surface area contributed by atoms with E-state index in [2.05, 4.69) is 25.1 Å². The fraction of sp³-hybridized carbons (Fsp3) is 0.316. The van der Waals surface area contributed by atoms with Crippen molar-refractivity contribution in [2.24, 2.45) is 0 Å². The molecule has 0 bridgehead atoms. The van der Waals surface area contributed by atoms with Crippen molar-refractivity contribution in [3.05, 3.63) is 64.2 Å². The average Bonchev–Trinajstić information content (AvgIpc) is 2.57. The molecular formula is C19H20ClNO2. The summed E-state index contributed by atoms with van der Waals surface area (Å²) in [4.78, 5) is 14.8. The zero-order chi connectivity index (χ0) is 16.4. The quantitative estimate of drug-likeness (QED) is 0.850. The first kappa shape index (κ1) is 15.9. The first-order chi connectivity index (χ1) is 11.1. The van der Waals surface area contributed by atoms with Crippen LogP contribution in [0.1, 0.15) is 29.7 Å². The Morgan fingerprint density at radius 1 is 1.26 bits per heavy atom. The van der Waals surface area contributed by atoms with E-state index >= 15 is 0 Å². The molecule has 0 radical (unpaired) electrons. The summed E-state index contributed by atoms with van der Waals surface area (Å²) in [6.45, 7) is 2.82. The van der Waals surface area contributed by atoms with Gasteiger partial charge in [-0.2, -0.15) is 0 Å². The molecule has 0 spiro atoms. The Balaban J connectivity index is 1.83. The van der Waals surface area contributed by atoms with Gasteiger partial charge in [-0.25, -0.2) is 0 Å². The number of carbonyl (C=O) groups excluding carboxylic acids is 1. The third-order valence-corrected chi connectivity index (χ3v) is 4.89. The smallest absolute Gasteiger partial charge is 0.227 e. The van der Waals surface area contributed by atoms with Crippen LogP contribution in [0.3, 0.4) is 0 Å². The standard InChI is InChI=1S/C19H20ClNO2/c1-13-15-7-4-3-6-14(15)10-11-21(13)19(22)12-16-17(20)8-5-9-18(16)23-2/h3-9,13H,10-12H2,1-2H3. The fourth-order valence-electron chi connectivity index (χ4n) is 3.27. The molecule has 0 aromatic heterocycles. The van der Waals surface area contributed by atoms with Gasteiger partial charge in [-0.15, -0.1) is 0 Å². The summed E-state index contributed by atoms with van der Waals surface area (Å²) in [5, 5.41) is 0.572. The molecule has 1 aliphatic heterocycles. The van der Waals surface area contributed by atoms with Crippen molar-refractivity contribution in [3.8, 4) is 5.75 Å². The highest BCUT2D eigenvalue weighted by Gasteiger charge is 2.28. The van der Waals surface area contributed by atoms with Gasteiger partial charge in [-0.05, 0) is 36.6 Å². The number of rotatable bonds is 3. The summed E-state index contributed by atoms with van der Waals surface area (Å²) in [5.41, 5.74) is 3.32. The van der Waals surface area contributed by atoms with Crippen molar-refractivity contribution in [2.45, 2.75) is 25.8 Å². The van der Waals surface area contributed by atoms with Crippen LogP contribution in [0.25, 0.3) is 0 Å². The van der Waals surface area contributed by atoms with Crippen LogP contribution in [-0.4, -0.2) is 24.5 Å². The first-order valence-corrected chi connectivity index (χ1v) is 8.18. The van der Waals surface area contributed by atoms with E-state index in [1.165, 1.54) is 11.1 Å². The molecule has 3 nitrogen and oxygen atoms in total. The second-order valence-electron chi connectivity index (χ2n) is 5.81. The van der Waals surface area contributed by atoms with Crippen LogP contribution in [-0.2, 0) is 17.6 Å². The summed E-state index contributed by atoms with van der Waals surface area (Å²) in [6, 6.07) is 13.9. The van der Waals surface area contributed by atoms with E-state index in [4.69, 9.17) is 16.3 Å². The third kappa shape index (κ3) is 3.06. The molecule has 0 N–H and O–H groups in total. The molecule has 0 saturated carbocycles. The molecule has 1 aliphatic rings. The lowest BCUT2D eigenvalue weighted by molar-refractivity contribution is -0.133. The van der Waals surface area contributed by atoms with E-state index in [1.807, 2.05) is 23.1 Å². The number of ether oxygens (including phenoxy) is 1. The van der Waals surface area contributed by atoms with Crippen LogP contribution < -0.4 is 4.74 Å². The second kappa shape index (κ2) is 6.63. The maximum Gasteiger partial charge on any atom is 0.227 e.